The van der Waals surface area contributed by atoms with Gasteiger partial charge in [0.15, 0.2) is 5.78 Å². The van der Waals surface area contributed by atoms with Crippen LogP contribution in [0.1, 0.15) is 32.6 Å². The first-order chi connectivity index (χ1) is 10.2. The van der Waals surface area contributed by atoms with Crippen molar-refractivity contribution in [2.45, 2.75) is 20.8 Å². The number of nitro benzene ring substituents is 1. The van der Waals surface area contributed by atoms with Crippen LogP contribution in [-0.4, -0.2) is 10.7 Å². The molecule has 0 aliphatic carbocycles. The molecule has 114 valence electrons. The summed E-state index contributed by atoms with van der Waals surface area (Å²) >= 11 is 9.54. The minimum absolute atomic E-state index is 0.133. The van der Waals surface area contributed by atoms with E-state index in [1.807, 2.05) is 20.8 Å². The quantitative estimate of drug-likeness (QED) is 0.418. The molecule has 0 N–H and O–H groups in total. The van der Waals surface area contributed by atoms with Gasteiger partial charge in [-0.25, -0.2) is 0 Å². The van der Waals surface area contributed by atoms with Crippen LogP contribution in [0.15, 0.2) is 28.7 Å². The van der Waals surface area contributed by atoms with Crippen molar-refractivity contribution in [1.82, 2.24) is 0 Å². The molecule has 6 heteroatoms. The molecule has 0 bridgehead atoms. The Kier molecular flexibility index (Phi) is 4.68. The van der Waals surface area contributed by atoms with E-state index >= 15 is 0 Å². The Bertz CT molecular complexity index is 802. The third-order valence-corrected chi connectivity index (χ3v) is 5.18. The molecule has 4 nitrogen and oxygen atoms in total. The highest BCUT2D eigenvalue weighted by atomic mass is 79.9. The molecule has 0 radical (unpaired) electrons. The number of ketones is 1. The van der Waals surface area contributed by atoms with Crippen molar-refractivity contribution in [3.8, 4) is 0 Å². The fourth-order valence-corrected chi connectivity index (χ4v) is 2.92. The highest BCUT2D eigenvalue weighted by molar-refractivity contribution is 9.10. The van der Waals surface area contributed by atoms with Crippen molar-refractivity contribution in [2.75, 3.05) is 0 Å². The molecule has 0 aromatic heterocycles. The molecular formula is C16H13BrClNO3. The van der Waals surface area contributed by atoms with Crippen LogP contribution in [0.5, 0.6) is 0 Å². The van der Waals surface area contributed by atoms with E-state index < -0.39 is 4.92 Å². The molecule has 0 aliphatic rings. The molecule has 0 heterocycles. The maximum atomic E-state index is 12.8. The van der Waals surface area contributed by atoms with E-state index in [-0.39, 0.29) is 22.1 Å². The number of benzene rings is 2. The highest BCUT2D eigenvalue weighted by Crippen LogP contribution is 2.31. The van der Waals surface area contributed by atoms with E-state index in [1.54, 1.807) is 6.07 Å². The Morgan fingerprint density at radius 3 is 2.36 bits per heavy atom. The molecule has 0 fully saturated rings. The molecule has 0 atom stereocenters. The maximum absolute atomic E-state index is 12.8. The number of aryl methyl sites for hydroxylation is 1. The monoisotopic (exact) mass is 381 g/mol. The average Bonchev–Trinajstić information content (AvgIpc) is 2.48. The summed E-state index contributed by atoms with van der Waals surface area (Å²) in [5.74, 6) is -0.324. The lowest BCUT2D eigenvalue weighted by Crippen LogP contribution is -2.07. The zero-order chi connectivity index (χ0) is 16.6. The second-order valence-corrected chi connectivity index (χ2v) is 6.26. The van der Waals surface area contributed by atoms with Gasteiger partial charge < -0.3 is 0 Å². The van der Waals surface area contributed by atoms with Crippen molar-refractivity contribution in [3.63, 3.8) is 0 Å². The first-order valence-electron chi connectivity index (χ1n) is 6.49. The fourth-order valence-electron chi connectivity index (χ4n) is 2.19. The summed E-state index contributed by atoms with van der Waals surface area (Å²) in [5, 5.41) is 11.1. The second-order valence-electron chi connectivity index (χ2n) is 5.06. The van der Waals surface area contributed by atoms with E-state index in [2.05, 4.69) is 15.9 Å². The molecular weight excluding hydrogens is 370 g/mol. The zero-order valence-corrected chi connectivity index (χ0v) is 14.6. The van der Waals surface area contributed by atoms with E-state index in [4.69, 9.17) is 11.6 Å². The highest BCUT2D eigenvalue weighted by Gasteiger charge is 2.21. The van der Waals surface area contributed by atoms with Crippen molar-refractivity contribution in [3.05, 3.63) is 71.7 Å². The van der Waals surface area contributed by atoms with Gasteiger partial charge in [0.05, 0.1) is 9.95 Å². The third-order valence-electron chi connectivity index (χ3n) is 3.66. The first-order valence-corrected chi connectivity index (χ1v) is 7.66. The first kappa shape index (κ1) is 16.6. The summed E-state index contributed by atoms with van der Waals surface area (Å²) < 4.78 is 0.859. The van der Waals surface area contributed by atoms with Gasteiger partial charge in [-0.2, -0.15) is 0 Å². The van der Waals surface area contributed by atoms with Gasteiger partial charge in [0, 0.05) is 27.7 Å². The summed E-state index contributed by atoms with van der Waals surface area (Å²) in [6.45, 7) is 5.70. The van der Waals surface area contributed by atoms with E-state index in [9.17, 15) is 14.9 Å². The van der Waals surface area contributed by atoms with Crippen LogP contribution in [-0.2, 0) is 0 Å². The van der Waals surface area contributed by atoms with Gasteiger partial charge >= 0.3 is 0 Å². The summed E-state index contributed by atoms with van der Waals surface area (Å²) in [7, 11) is 0. The molecule has 0 aliphatic heterocycles. The third kappa shape index (κ3) is 2.91. The predicted octanol–water partition coefficient (Wildman–Crippen LogP) is 5.17. The van der Waals surface area contributed by atoms with Gasteiger partial charge in [0.1, 0.15) is 0 Å². The molecule has 0 unspecified atom stereocenters. The van der Waals surface area contributed by atoms with Crippen LogP contribution in [0.3, 0.4) is 0 Å². The van der Waals surface area contributed by atoms with Gasteiger partial charge in [-0.3, -0.25) is 14.9 Å². The predicted molar refractivity (Wildman–Crippen MR) is 89.9 cm³/mol. The van der Waals surface area contributed by atoms with E-state index in [0.717, 1.165) is 21.2 Å². The van der Waals surface area contributed by atoms with Crippen LogP contribution in [0.2, 0.25) is 5.02 Å². The van der Waals surface area contributed by atoms with Crippen LogP contribution in [0.25, 0.3) is 0 Å². The SMILES string of the molecule is Cc1cc(C(=O)c2cc([N+](=O)[O-])ccc2Cl)c(C)c(Br)c1C. The van der Waals surface area contributed by atoms with Crippen LogP contribution in [0.4, 0.5) is 5.69 Å². The number of nitro groups is 1. The maximum Gasteiger partial charge on any atom is 0.270 e. The van der Waals surface area contributed by atoms with Gasteiger partial charge in [0.2, 0.25) is 0 Å². The number of halogens is 2. The molecule has 0 spiro atoms. The smallest absolute Gasteiger partial charge is 0.270 e. The molecule has 2 rings (SSSR count). The minimum atomic E-state index is -0.545. The van der Waals surface area contributed by atoms with Crippen LogP contribution < -0.4 is 0 Å². The Morgan fingerprint density at radius 1 is 1.14 bits per heavy atom. The summed E-state index contributed by atoms with van der Waals surface area (Å²) in [4.78, 5) is 23.1. The summed E-state index contributed by atoms with van der Waals surface area (Å²) in [6.07, 6.45) is 0. The Morgan fingerprint density at radius 2 is 1.77 bits per heavy atom. The number of non-ortho nitro benzene ring substituents is 1. The fraction of sp³-hybridized carbons (Fsp3) is 0.188. The lowest BCUT2D eigenvalue weighted by Gasteiger charge is -2.13. The summed E-state index contributed by atoms with van der Waals surface area (Å²) in [5.41, 5.74) is 3.26. The van der Waals surface area contributed by atoms with Gasteiger partial charge in [0.25, 0.3) is 5.69 Å². The Balaban J connectivity index is 2.63. The van der Waals surface area contributed by atoms with Gasteiger partial charge in [-0.15, -0.1) is 0 Å². The molecule has 2 aromatic rings. The van der Waals surface area contributed by atoms with Crippen molar-refractivity contribution in [1.29, 1.82) is 0 Å². The largest absolute Gasteiger partial charge is 0.289 e. The molecule has 0 amide bonds. The lowest BCUT2D eigenvalue weighted by atomic mass is 9.94. The number of nitrogens with zero attached hydrogens (tertiary/aromatic N) is 1. The van der Waals surface area contributed by atoms with Gasteiger partial charge in [-0.05, 0) is 49.6 Å². The number of rotatable bonds is 3. The Hall–Kier alpha value is -1.72. The van der Waals surface area contributed by atoms with Crippen molar-refractivity contribution in [2.24, 2.45) is 0 Å². The van der Waals surface area contributed by atoms with Crippen LogP contribution in [0, 0.1) is 30.9 Å². The van der Waals surface area contributed by atoms with Crippen molar-refractivity contribution >= 4 is 39.0 Å². The standard InChI is InChI=1S/C16H13BrClNO3/c1-8-6-12(10(3)15(17)9(8)2)16(20)13-7-11(19(21)22)4-5-14(13)18/h4-7H,1-3H3. The van der Waals surface area contributed by atoms with Crippen molar-refractivity contribution < 1.29 is 9.72 Å². The second kappa shape index (κ2) is 6.18. The van der Waals surface area contributed by atoms with E-state index in [0.29, 0.717) is 5.56 Å². The minimum Gasteiger partial charge on any atom is -0.289 e. The molecule has 0 saturated carbocycles. The van der Waals surface area contributed by atoms with Gasteiger partial charge in [-0.1, -0.05) is 27.5 Å². The average molecular weight is 383 g/mol. The number of carbonyl (C=O) groups is 1. The molecule has 2 aromatic carbocycles. The van der Waals surface area contributed by atoms with Crippen LogP contribution >= 0.6 is 27.5 Å². The number of hydrogen-bond donors (Lipinski definition) is 0. The Labute approximate surface area is 141 Å². The number of hydrogen-bond acceptors (Lipinski definition) is 3. The normalized spacial score (nSPS) is 10.6. The summed E-state index contributed by atoms with van der Waals surface area (Å²) in [6, 6.07) is 5.65. The molecule has 22 heavy (non-hydrogen) atoms. The lowest BCUT2D eigenvalue weighted by molar-refractivity contribution is -0.384. The molecule has 0 saturated heterocycles. The zero-order valence-electron chi connectivity index (χ0n) is 12.2. The number of carbonyl (C=O) groups excluding carboxylic acids is 1. The topological polar surface area (TPSA) is 60.2 Å². The van der Waals surface area contributed by atoms with E-state index in [1.165, 1.54) is 18.2 Å².